The van der Waals surface area contributed by atoms with Gasteiger partial charge in [-0.15, -0.1) is 0 Å². The molecule has 0 radical (unpaired) electrons. The molecule has 0 aromatic rings. The average Bonchev–Trinajstić information content (AvgIpc) is 2.91. The summed E-state index contributed by atoms with van der Waals surface area (Å²) in [5, 5.41) is 0. The fourth-order valence-corrected chi connectivity index (χ4v) is 0.865. The van der Waals surface area contributed by atoms with Crippen LogP contribution in [0.4, 0.5) is 0 Å². The third kappa shape index (κ3) is 18.3. The van der Waals surface area contributed by atoms with Gasteiger partial charge in [0.05, 0.1) is 48.0 Å². The number of phosphoric acid groups is 1. The topological polar surface area (TPSA) is 58.6 Å². The van der Waals surface area contributed by atoms with Crippen LogP contribution >= 0.6 is 7.82 Å². The van der Waals surface area contributed by atoms with Gasteiger partial charge in [-0.05, 0) is 6.37 Å². The maximum atomic E-state index is 12.9. The van der Waals surface area contributed by atoms with Gasteiger partial charge in [0, 0.05) is 31.5 Å². The Bertz CT molecular complexity index is 1610. The minimum absolute atomic E-state index is 3.70. The van der Waals surface area contributed by atoms with Crippen molar-refractivity contribution in [3.05, 3.63) is 0 Å². The van der Waals surface area contributed by atoms with Crippen molar-refractivity contribution in [2.75, 3.05) is 40.5 Å². The first-order chi connectivity index (χ1) is 25.4. The first kappa shape index (κ1) is 3.11. The van der Waals surface area contributed by atoms with Crippen LogP contribution in [0.25, 0.3) is 0 Å². The zero-order valence-electron chi connectivity index (χ0n) is 49.0. The highest BCUT2D eigenvalue weighted by atomic mass is 31.2. The predicted octanol–water partition coefficient (Wildman–Crippen LogP) is 4.12. The Morgan fingerprint density at radius 3 is 2.00 bits per heavy atom. The summed E-state index contributed by atoms with van der Waals surface area (Å²) in [6, 6.07) is 0. The van der Waals surface area contributed by atoms with Crippen LogP contribution in [0.2, 0.25) is 0 Å². The van der Waals surface area contributed by atoms with Crippen LogP contribution in [-0.2, 0) is 13.6 Å². The summed E-state index contributed by atoms with van der Waals surface area (Å²) < 4.78 is 313. The van der Waals surface area contributed by atoms with E-state index in [0.29, 0.717) is 0 Å². The molecule has 23 heavy (non-hydrogen) atoms. The van der Waals surface area contributed by atoms with E-state index in [4.69, 9.17) is 52.1 Å². The van der Waals surface area contributed by atoms with Gasteiger partial charge in [-0.2, -0.15) is 0 Å². The van der Waals surface area contributed by atoms with Crippen LogP contribution in [0.1, 0.15) is 123 Å². The van der Waals surface area contributed by atoms with Gasteiger partial charge in [-0.1, -0.05) is 64.2 Å². The van der Waals surface area contributed by atoms with Gasteiger partial charge in [0.1, 0.15) is 13.1 Å². The summed E-state index contributed by atoms with van der Waals surface area (Å²) in [7, 11) is -7.41. The number of hydrogen-bond acceptors (Lipinski definition) is 4. The molecular weight excluding hydrogens is 313 g/mol. The van der Waals surface area contributed by atoms with Crippen molar-refractivity contribution in [1.29, 1.82) is 0 Å². The lowest BCUT2D eigenvalue weighted by Gasteiger charge is -2.27. The molecule has 140 valence electrons. The molecule has 1 atom stereocenters. The van der Waals surface area contributed by atoms with Gasteiger partial charge >= 0.3 is 0 Å². The lowest BCUT2D eigenvalue weighted by Crippen LogP contribution is -2.37. The number of rotatable bonds is 16. The van der Waals surface area contributed by atoms with E-state index >= 15 is 0 Å². The van der Waals surface area contributed by atoms with E-state index in [9.17, 15) is 9.46 Å². The monoisotopic (exact) mass is 389 g/mol. The highest BCUT2D eigenvalue weighted by Crippen LogP contribution is 2.38. The molecule has 6 heteroatoms. The van der Waals surface area contributed by atoms with Crippen LogP contribution in [0.3, 0.4) is 0 Å². The molecule has 0 saturated carbocycles. The molecule has 0 fully saturated rings. The van der Waals surface area contributed by atoms with E-state index in [1.165, 1.54) is 0 Å². The Morgan fingerprint density at radius 2 is 1.43 bits per heavy atom. The highest BCUT2D eigenvalue weighted by Gasteiger charge is 2.12. The number of likely N-dealkylation sites (N-methyl/N-ethyl adjacent to an activating group) is 1. The number of quaternary nitrogens is 1. The number of nitrogens with zero attached hydrogens (tertiary/aromatic N) is 1. The molecule has 0 aliphatic heterocycles. The molecule has 0 saturated heterocycles. The third-order valence-electron chi connectivity index (χ3n) is 1.14. The Morgan fingerprint density at radius 1 is 0.913 bits per heavy atom. The standard InChI is InChI=1S/C17H38NO4P/c1-5-6-7-8-9-10-11-12-13-14-16-21-23(19,20)22-17-15-18(2,3)4/h5-17H2,1-4H3/i1D3,2D3,3D3,4D3,5D2,6D2,7D2,8D2,9D2,10D2,11D2,12D2,13D2,14D2,15D2,16D2,17D2. The normalized spacial score (nSPS) is 49.6. The molecule has 0 aliphatic rings. The molecule has 0 aromatic heterocycles. The molecule has 0 heterocycles. The number of hydrogen-bond donors (Lipinski definition) is 0. The minimum atomic E-state index is -7.41. The summed E-state index contributed by atoms with van der Waals surface area (Å²) in [6.45, 7) is -33.7. The molecule has 0 N–H and O–H groups in total. The lowest BCUT2D eigenvalue weighted by atomic mass is 10.1. The van der Waals surface area contributed by atoms with Gasteiger partial charge in [-0.25, -0.2) is 0 Å². The van der Waals surface area contributed by atoms with Crippen molar-refractivity contribution < 1.29 is 75.1 Å². The van der Waals surface area contributed by atoms with E-state index in [2.05, 4.69) is 9.05 Å². The Labute approximate surface area is 197 Å². The Hall–Kier alpha value is 0.0700. The van der Waals surface area contributed by atoms with E-state index in [-0.39, 0.29) is 0 Å². The van der Waals surface area contributed by atoms with Gasteiger partial charge < -0.3 is 18.4 Å². The summed E-state index contributed by atoms with van der Waals surface area (Å²) >= 11 is 0. The third-order valence-corrected chi connectivity index (χ3v) is 1.77. The van der Waals surface area contributed by atoms with Gasteiger partial charge in [0.2, 0.25) is 0 Å². The second-order valence-electron chi connectivity index (χ2n) is 2.87. The van der Waals surface area contributed by atoms with Crippen molar-refractivity contribution >= 4 is 7.82 Å². The maximum Gasteiger partial charge on any atom is 0.268 e. The van der Waals surface area contributed by atoms with Crippen molar-refractivity contribution in [2.24, 2.45) is 0 Å². The first-order valence-corrected chi connectivity index (χ1v) is 6.49. The lowest BCUT2D eigenvalue weighted by molar-refractivity contribution is -0.870. The smallest absolute Gasteiger partial charge is 0.268 e. The zero-order chi connectivity index (χ0) is 50.9. The largest absolute Gasteiger partial charge is 0.756 e. The average molecular weight is 390 g/mol. The predicted molar refractivity (Wildman–Crippen MR) is 94.3 cm³/mol. The van der Waals surface area contributed by atoms with Crippen LogP contribution in [0.5, 0.6) is 0 Å². The molecule has 0 aliphatic carbocycles. The second kappa shape index (κ2) is 13.4. The maximum absolute atomic E-state index is 12.9. The Balaban J connectivity index is 7.60. The first-order valence-electron chi connectivity index (χ1n) is 24.0. The van der Waals surface area contributed by atoms with Gasteiger partial charge in [0.25, 0.3) is 7.82 Å². The molecular formula is C17H38NO4P. The zero-order valence-corrected chi connectivity index (χ0v) is 11.9. The minimum Gasteiger partial charge on any atom is -0.756 e. The van der Waals surface area contributed by atoms with Crippen LogP contribution in [0, 0.1) is 0 Å². The van der Waals surface area contributed by atoms with Crippen molar-refractivity contribution in [3.63, 3.8) is 0 Å². The Kier molecular flexibility index (Phi) is 1.81. The van der Waals surface area contributed by atoms with Crippen LogP contribution in [-0.4, -0.2) is 45.0 Å². The van der Waals surface area contributed by atoms with Gasteiger partial charge in [0.15, 0.2) is 0 Å². The summed E-state index contributed by atoms with van der Waals surface area (Å²) in [6.07, 6.45) is -50.6. The molecule has 0 aromatic carbocycles. The second-order valence-corrected chi connectivity index (χ2v) is 4.13. The SMILES string of the molecule is [2H]C([2H])([2H])C([2H])([2H])C([2H])([2H])C([2H])([2H])C([2H])([2H])C([2H])([2H])C([2H])([2H])C([2H])([2H])C([2H])([2H])C([2H])([2H])C([2H])([2H])C([2H])([2H])OP(=O)([O-])OC([2H])([2H])C([2H])([2H])[N+](C([2H])([2H])[2H])(C([2H])([2H])[2H])C([2H])([2H])[2H]. The summed E-state index contributed by atoms with van der Waals surface area (Å²) in [5.74, 6) is 0. The van der Waals surface area contributed by atoms with Crippen molar-refractivity contribution in [1.82, 2.24) is 0 Å². The number of phosphoric ester groups is 1. The molecule has 0 rings (SSSR count). The molecule has 0 spiro atoms. The van der Waals surface area contributed by atoms with E-state index < -0.39 is 123 Å². The van der Waals surface area contributed by atoms with Crippen LogP contribution < -0.4 is 4.89 Å². The van der Waals surface area contributed by atoms with Crippen molar-refractivity contribution in [3.8, 4) is 0 Å². The molecule has 5 nitrogen and oxygen atoms in total. The van der Waals surface area contributed by atoms with Crippen molar-refractivity contribution in [2.45, 2.75) is 70.6 Å². The summed E-state index contributed by atoms with van der Waals surface area (Å²) in [5.41, 5.74) is 0. The fraction of sp³-hybridized carbons (Fsp3) is 1.00. The highest BCUT2D eigenvalue weighted by molar-refractivity contribution is 7.45. The van der Waals surface area contributed by atoms with E-state index in [1.807, 2.05) is 0 Å². The molecule has 1 unspecified atom stereocenters. The molecule has 0 amide bonds. The summed E-state index contributed by atoms with van der Waals surface area (Å²) in [4.78, 5) is 12.9. The van der Waals surface area contributed by atoms with E-state index in [1.54, 1.807) is 0 Å². The van der Waals surface area contributed by atoms with Crippen LogP contribution in [0.15, 0.2) is 0 Å². The fourth-order valence-electron chi connectivity index (χ4n) is 0.518. The van der Waals surface area contributed by atoms with Gasteiger partial charge in [-0.3, -0.25) is 4.57 Å². The quantitative estimate of drug-likeness (QED) is 0.294. The molecule has 0 bridgehead atoms. The van der Waals surface area contributed by atoms with E-state index in [0.717, 1.165) is 0 Å².